The second kappa shape index (κ2) is 12.7. The lowest BCUT2D eigenvalue weighted by Crippen LogP contribution is -2.36. The molecule has 1 fully saturated rings. The molecule has 2 heterocycles. The van der Waals surface area contributed by atoms with Crippen molar-refractivity contribution in [1.82, 2.24) is 20.1 Å². The second-order valence-electron chi connectivity index (χ2n) is 9.92. The monoisotopic (exact) mass is 606 g/mol. The van der Waals surface area contributed by atoms with Crippen LogP contribution < -0.4 is 15.0 Å². The van der Waals surface area contributed by atoms with E-state index in [0.29, 0.717) is 22.4 Å². The number of anilines is 1. The summed E-state index contributed by atoms with van der Waals surface area (Å²) in [7, 11) is 0. The van der Waals surface area contributed by atoms with Crippen molar-refractivity contribution in [3.05, 3.63) is 95.4 Å². The van der Waals surface area contributed by atoms with Gasteiger partial charge in [0, 0.05) is 29.2 Å². The highest BCUT2D eigenvalue weighted by atomic mass is 32.2. The van der Waals surface area contributed by atoms with Gasteiger partial charge in [0.1, 0.15) is 12.1 Å². The Morgan fingerprint density at radius 2 is 1.74 bits per heavy atom. The van der Waals surface area contributed by atoms with Crippen molar-refractivity contribution in [3.8, 4) is 22.8 Å². The minimum Gasteiger partial charge on any atom is -0.406 e. The zero-order valence-electron chi connectivity index (χ0n) is 23.7. The SMILES string of the molecule is C/C(=C\c1ccc(-c2ncn(-c3ccc(OC(F)(F)F)cc3)n2)cc1)NC(=O)/N=C1\SCCCN1c1c(C)cccc1C. The van der Waals surface area contributed by atoms with E-state index in [1.54, 1.807) is 18.7 Å². The Balaban J connectivity index is 1.23. The van der Waals surface area contributed by atoms with Crippen molar-refractivity contribution in [2.75, 3.05) is 17.2 Å². The summed E-state index contributed by atoms with van der Waals surface area (Å²) in [5.74, 6) is 1.04. The molecule has 3 aromatic carbocycles. The van der Waals surface area contributed by atoms with Crippen LogP contribution >= 0.6 is 11.8 Å². The average molecular weight is 607 g/mol. The molecule has 0 bridgehead atoms. The van der Waals surface area contributed by atoms with E-state index in [9.17, 15) is 18.0 Å². The molecule has 0 atom stereocenters. The predicted octanol–water partition coefficient (Wildman–Crippen LogP) is 7.52. The molecule has 0 unspecified atom stereocenters. The van der Waals surface area contributed by atoms with E-state index < -0.39 is 12.4 Å². The minimum absolute atomic E-state index is 0.314. The number of amides is 2. The lowest BCUT2D eigenvalue weighted by atomic mass is 10.1. The number of allylic oxidation sites excluding steroid dienone is 1. The van der Waals surface area contributed by atoms with Crippen LogP contribution in [0.5, 0.6) is 5.75 Å². The number of benzene rings is 3. The third-order valence-electron chi connectivity index (χ3n) is 6.58. The Morgan fingerprint density at radius 3 is 2.42 bits per heavy atom. The van der Waals surface area contributed by atoms with Crippen LogP contribution in [0.15, 0.2) is 83.7 Å². The number of carbonyl (C=O) groups excluding carboxylic acids is 1. The number of para-hydroxylation sites is 1. The molecule has 0 spiro atoms. The Morgan fingerprint density at radius 1 is 1.05 bits per heavy atom. The van der Waals surface area contributed by atoms with Crippen molar-refractivity contribution >= 4 is 34.7 Å². The van der Waals surface area contributed by atoms with E-state index in [1.165, 1.54) is 35.3 Å². The number of thioether (sulfide) groups is 1. The first-order chi connectivity index (χ1) is 20.6. The maximum atomic E-state index is 12.8. The summed E-state index contributed by atoms with van der Waals surface area (Å²) < 4.78 is 42.6. The summed E-state index contributed by atoms with van der Waals surface area (Å²) in [6.45, 7) is 6.75. The number of aliphatic imine (C=N–C) groups is 1. The van der Waals surface area contributed by atoms with Gasteiger partial charge in [-0.1, -0.05) is 54.2 Å². The zero-order chi connectivity index (χ0) is 30.6. The Hall–Kier alpha value is -4.58. The molecule has 0 aliphatic carbocycles. The number of alkyl halides is 3. The Bertz CT molecular complexity index is 1640. The molecule has 12 heteroatoms. The third kappa shape index (κ3) is 7.63. The first-order valence-corrected chi connectivity index (χ1v) is 14.5. The van der Waals surface area contributed by atoms with Gasteiger partial charge in [0.25, 0.3) is 0 Å². The molecule has 1 aliphatic heterocycles. The number of aryl methyl sites for hydroxylation is 2. The molecule has 0 radical (unpaired) electrons. The number of aromatic nitrogens is 3. The molecular formula is C31H29F3N6O2S. The number of hydrogen-bond acceptors (Lipinski definition) is 5. The van der Waals surface area contributed by atoms with Gasteiger partial charge in [0.05, 0.1) is 5.69 Å². The summed E-state index contributed by atoms with van der Waals surface area (Å²) in [6, 6.07) is 18.5. The number of nitrogens with one attached hydrogen (secondary N) is 1. The van der Waals surface area contributed by atoms with Gasteiger partial charge in [-0.3, -0.25) is 0 Å². The molecule has 1 saturated heterocycles. The van der Waals surface area contributed by atoms with Gasteiger partial charge < -0.3 is 15.0 Å². The maximum absolute atomic E-state index is 12.8. The fraction of sp³-hybridized carbons (Fsp3) is 0.226. The van der Waals surface area contributed by atoms with Gasteiger partial charge >= 0.3 is 12.4 Å². The normalized spacial score (nSPS) is 15.1. The minimum atomic E-state index is -4.75. The number of rotatable bonds is 6. The Kier molecular flexibility index (Phi) is 8.86. The van der Waals surface area contributed by atoms with Gasteiger partial charge in [-0.15, -0.1) is 18.3 Å². The number of urea groups is 1. The average Bonchev–Trinajstić information content (AvgIpc) is 3.44. The van der Waals surface area contributed by atoms with E-state index in [0.717, 1.165) is 46.7 Å². The number of ether oxygens (including phenoxy) is 1. The highest BCUT2D eigenvalue weighted by molar-refractivity contribution is 8.14. The number of halogens is 3. The van der Waals surface area contributed by atoms with E-state index in [4.69, 9.17) is 0 Å². The lowest BCUT2D eigenvalue weighted by Gasteiger charge is -2.31. The van der Waals surface area contributed by atoms with E-state index in [-0.39, 0.29) is 5.75 Å². The molecule has 1 N–H and O–H groups in total. The quantitative estimate of drug-likeness (QED) is 0.244. The second-order valence-corrected chi connectivity index (χ2v) is 11.0. The number of amidine groups is 1. The first-order valence-electron chi connectivity index (χ1n) is 13.5. The molecule has 4 aromatic rings. The first kappa shape index (κ1) is 29.9. The van der Waals surface area contributed by atoms with E-state index in [2.05, 4.69) is 56.0 Å². The van der Waals surface area contributed by atoms with Crippen LogP contribution in [0, 0.1) is 13.8 Å². The lowest BCUT2D eigenvalue weighted by molar-refractivity contribution is -0.274. The van der Waals surface area contributed by atoms with Crippen LogP contribution in [-0.2, 0) is 0 Å². The number of nitrogens with zero attached hydrogens (tertiary/aromatic N) is 5. The largest absolute Gasteiger partial charge is 0.573 e. The summed E-state index contributed by atoms with van der Waals surface area (Å²) >= 11 is 1.58. The van der Waals surface area contributed by atoms with Crippen LogP contribution in [0.4, 0.5) is 23.7 Å². The van der Waals surface area contributed by atoms with Gasteiger partial charge in [-0.25, -0.2) is 14.5 Å². The van der Waals surface area contributed by atoms with Gasteiger partial charge in [-0.05, 0) is 74.2 Å². The van der Waals surface area contributed by atoms with Gasteiger partial charge in [0.2, 0.25) is 0 Å². The molecule has 222 valence electrons. The fourth-order valence-corrected chi connectivity index (χ4v) is 5.65. The van der Waals surface area contributed by atoms with E-state index >= 15 is 0 Å². The maximum Gasteiger partial charge on any atom is 0.573 e. The van der Waals surface area contributed by atoms with Crippen LogP contribution in [0.1, 0.15) is 30.0 Å². The van der Waals surface area contributed by atoms with Crippen molar-refractivity contribution in [1.29, 1.82) is 0 Å². The molecule has 1 aliphatic rings. The van der Waals surface area contributed by atoms with Crippen LogP contribution in [0.2, 0.25) is 0 Å². The summed E-state index contributed by atoms with van der Waals surface area (Å²) in [6.07, 6.45) is -0.414. The van der Waals surface area contributed by atoms with Crippen LogP contribution in [0.25, 0.3) is 23.2 Å². The fourth-order valence-electron chi connectivity index (χ4n) is 4.71. The van der Waals surface area contributed by atoms with Crippen LogP contribution in [-0.4, -0.2) is 44.6 Å². The number of hydrogen-bond donors (Lipinski definition) is 1. The standard InChI is InChI=1S/C31H29F3N6O2S/c1-20-6-4-7-21(2)27(20)39-16-5-17-43-30(39)37-29(41)36-22(3)18-23-8-10-24(11-9-23)28-35-19-40(38-28)25-12-14-26(15-13-25)42-31(32,33)34/h4,6-15,18-19H,5,16-17H2,1-3H3,(H,36,41)/b22-18+,37-30-. The van der Waals surface area contributed by atoms with Gasteiger partial charge in [0.15, 0.2) is 11.0 Å². The molecule has 8 nitrogen and oxygen atoms in total. The highest BCUT2D eigenvalue weighted by Gasteiger charge is 2.31. The molecule has 43 heavy (non-hydrogen) atoms. The zero-order valence-corrected chi connectivity index (χ0v) is 24.5. The predicted molar refractivity (Wildman–Crippen MR) is 163 cm³/mol. The van der Waals surface area contributed by atoms with E-state index in [1.807, 2.05) is 36.4 Å². The molecular weight excluding hydrogens is 577 g/mol. The van der Waals surface area contributed by atoms with Crippen LogP contribution in [0.3, 0.4) is 0 Å². The topological polar surface area (TPSA) is 84.6 Å². The molecule has 0 saturated carbocycles. The van der Waals surface area contributed by atoms with Crippen molar-refractivity contribution in [3.63, 3.8) is 0 Å². The smallest absolute Gasteiger partial charge is 0.406 e. The van der Waals surface area contributed by atoms with Crippen molar-refractivity contribution in [2.24, 2.45) is 4.99 Å². The van der Waals surface area contributed by atoms with Gasteiger partial charge in [-0.2, -0.15) is 4.99 Å². The molecule has 2 amide bonds. The third-order valence-corrected chi connectivity index (χ3v) is 7.64. The Labute approximate surface area is 251 Å². The highest BCUT2D eigenvalue weighted by Crippen LogP contribution is 2.31. The number of carbonyl (C=O) groups is 1. The van der Waals surface area contributed by atoms with Crippen molar-refractivity contribution in [2.45, 2.75) is 33.6 Å². The summed E-state index contributed by atoms with van der Waals surface area (Å²) in [4.78, 5) is 23.7. The molecule has 1 aromatic heterocycles. The summed E-state index contributed by atoms with van der Waals surface area (Å²) in [5, 5.41) is 7.98. The summed E-state index contributed by atoms with van der Waals surface area (Å²) in [5.41, 5.74) is 6.17. The van der Waals surface area contributed by atoms with Crippen molar-refractivity contribution < 1.29 is 22.7 Å². The molecule has 5 rings (SSSR count).